The van der Waals surface area contributed by atoms with Crippen molar-refractivity contribution < 1.29 is 33.4 Å². The zero-order valence-electron chi connectivity index (χ0n) is 23.1. The number of nitrogens with one attached hydrogen (secondary N) is 2. The van der Waals surface area contributed by atoms with Gasteiger partial charge in [0.1, 0.15) is 30.1 Å². The average Bonchev–Trinajstić information content (AvgIpc) is 3.31. The highest BCUT2D eigenvalue weighted by Gasteiger charge is 2.36. The normalized spacial score (nSPS) is 17.6. The molecule has 2 rings (SSSR count). The molecule has 1 saturated heterocycles. The predicted molar refractivity (Wildman–Crippen MR) is 144 cm³/mol. The number of aromatic nitrogens is 1. The monoisotopic (exact) mass is 526 g/mol. The fraction of sp³-hybridized carbons (Fsp3) is 0.448. The van der Waals surface area contributed by atoms with Crippen LogP contribution < -0.4 is 5.32 Å². The van der Waals surface area contributed by atoms with Crippen molar-refractivity contribution >= 4 is 29.4 Å². The van der Waals surface area contributed by atoms with Gasteiger partial charge in [-0.1, -0.05) is 31.4 Å². The van der Waals surface area contributed by atoms with E-state index in [-0.39, 0.29) is 42.8 Å². The molecule has 206 valence electrons. The Balaban J connectivity index is 2.66. The predicted octanol–water partition coefficient (Wildman–Crippen LogP) is 4.48. The van der Waals surface area contributed by atoms with Gasteiger partial charge in [-0.3, -0.25) is 9.59 Å². The molecule has 1 aromatic heterocycles. The standard InChI is InChI=1S/C29H38N2O7/c1-9-15-36-21(32)14-12-13-20-17(4)23(30-25(20)28(35)38-29(6,7)8)22(27(34)37-16-10-2)24-19(11-3)18(5)26(33)31-24/h9-11,18,30H,1-2,12-16H2,3-8H3,(H,31,33)/b19-11+,24-22+. The molecule has 9 nitrogen and oxygen atoms in total. The number of hydrogen-bond acceptors (Lipinski definition) is 7. The van der Waals surface area contributed by atoms with Crippen molar-refractivity contribution in [3.8, 4) is 0 Å². The Hall–Kier alpha value is -3.88. The lowest BCUT2D eigenvalue weighted by atomic mass is 9.95. The number of H-pyrrole nitrogens is 1. The Morgan fingerprint density at radius 3 is 2.26 bits per heavy atom. The molecule has 2 N–H and O–H groups in total. The first-order valence-corrected chi connectivity index (χ1v) is 12.6. The Kier molecular flexibility index (Phi) is 10.4. The van der Waals surface area contributed by atoms with Crippen LogP contribution >= 0.6 is 0 Å². The molecule has 1 aliphatic heterocycles. The van der Waals surface area contributed by atoms with Crippen LogP contribution in [0.2, 0.25) is 0 Å². The summed E-state index contributed by atoms with van der Waals surface area (Å²) in [6, 6.07) is 0. The van der Waals surface area contributed by atoms with Crippen molar-refractivity contribution in [2.45, 2.75) is 66.4 Å². The van der Waals surface area contributed by atoms with E-state index in [2.05, 4.69) is 23.5 Å². The van der Waals surface area contributed by atoms with Gasteiger partial charge in [0, 0.05) is 6.42 Å². The number of amides is 1. The third-order valence-electron chi connectivity index (χ3n) is 5.90. The molecule has 9 heteroatoms. The number of aromatic amines is 1. The van der Waals surface area contributed by atoms with Gasteiger partial charge in [-0.05, 0) is 71.1 Å². The van der Waals surface area contributed by atoms with Crippen LogP contribution in [0, 0.1) is 12.8 Å². The Bertz CT molecular complexity index is 1180. The summed E-state index contributed by atoms with van der Waals surface area (Å²) in [7, 11) is 0. The molecule has 0 saturated carbocycles. The van der Waals surface area contributed by atoms with Gasteiger partial charge in [-0.2, -0.15) is 0 Å². The largest absolute Gasteiger partial charge is 0.461 e. The molecule has 0 aromatic carbocycles. The van der Waals surface area contributed by atoms with E-state index in [1.807, 2.05) is 0 Å². The maximum Gasteiger partial charge on any atom is 0.355 e. The fourth-order valence-corrected chi connectivity index (χ4v) is 4.13. The zero-order valence-corrected chi connectivity index (χ0v) is 23.1. The molecular formula is C29H38N2O7. The smallest absolute Gasteiger partial charge is 0.355 e. The summed E-state index contributed by atoms with van der Waals surface area (Å²) >= 11 is 0. The van der Waals surface area contributed by atoms with Crippen LogP contribution in [0.3, 0.4) is 0 Å². The van der Waals surface area contributed by atoms with Gasteiger partial charge in [0.2, 0.25) is 5.91 Å². The number of allylic oxidation sites excluding steroid dienone is 2. The molecule has 0 aliphatic carbocycles. The lowest BCUT2D eigenvalue weighted by Gasteiger charge is -2.19. The Morgan fingerprint density at radius 1 is 1.05 bits per heavy atom. The maximum absolute atomic E-state index is 13.3. The van der Waals surface area contributed by atoms with Gasteiger partial charge in [0.15, 0.2) is 0 Å². The topological polar surface area (TPSA) is 124 Å². The van der Waals surface area contributed by atoms with E-state index >= 15 is 0 Å². The summed E-state index contributed by atoms with van der Waals surface area (Å²) in [6.07, 6.45) is 5.56. The van der Waals surface area contributed by atoms with Gasteiger partial charge < -0.3 is 24.5 Å². The molecule has 1 aromatic rings. The lowest BCUT2D eigenvalue weighted by Crippen LogP contribution is -2.25. The first-order chi connectivity index (χ1) is 17.9. The first kappa shape index (κ1) is 30.3. The quantitative estimate of drug-likeness (QED) is 0.189. The molecule has 1 atom stereocenters. The van der Waals surface area contributed by atoms with Crippen molar-refractivity contribution in [1.82, 2.24) is 10.3 Å². The second kappa shape index (κ2) is 13.1. The summed E-state index contributed by atoms with van der Waals surface area (Å²) < 4.78 is 16.0. The number of rotatable bonds is 11. The van der Waals surface area contributed by atoms with Crippen LogP contribution in [0.1, 0.15) is 74.8 Å². The molecule has 0 radical (unpaired) electrons. The summed E-state index contributed by atoms with van der Waals surface area (Å²) in [5, 5.41) is 2.80. The molecule has 0 spiro atoms. The SMILES string of the molecule is C=CCOC(=O)CCCc1c(C(=O)OC(C)(C)C)[nH]c(/C(C(=O)OCC=C)=C2\NC(=O)C(C)\C2=C/C)c1C. The molecular weight excluding hydrogens is 488 g/mol. The van der Waals surface area contributed by atoms with Crippen LogP contribution in [-0.2, 0) is 35.0 Å². The number of hydrogen-bond donors (Lipinski definition) is 2. The minimum atomic E-state index is -0.765. The number of esters is 3. The highest BCUT2D eigenvalue weighted by molar-refractivity contribution is 6.20. The van der Waals surface area contributed by atoms with Crippen LogP contribution in [-0.4, -0.2) is 47.6 Å². The number of ether oxygens (including phenoxy) is 3. The fourth-order valence-electron chi connectivity index (χ4n) is 4.13. The van der Waals surface area contributed by atoms with E-state index in [1.54, 1.807) is 47.6 Å². The molecule has 1 amide bonds. The summed E-state index contributed by atoms with van der Waals surface area (Å²) in [5.74, 6) is -2.40. The van der Waals surface area contributed by atoms with Gasteiger partial charge in [-0.25, -0.2) is 9.59 Å². The number of carbonyl (C=O) groups is 4. The van der Waals surface area contributed by atoms with Gasteiger partial charge in [-0.15, -0.1) is 0 Å². The average molecular weight is 527 g/mol. The van der Waals surface area contributed by atoms with E-state index in [4.69, 9.17) is 14.2 Å². The summed E-state index contributed by atoms with van der Waals surface area (Å²) in [5.41, 5.74) is 1.98. The Labute approximate surface area is 224 Å². The van der Waals surface area contributed by atoms with Crippen molar-refractivity contribution in [3.63, 3.8) is 0 Å². The molecule has 38 heavy (non-hydrogen) atoms. The van der Waals surface area contributed by atoms with E-state index in [0.717, 1.165) is 0 Å². The van der Waals surface area contributed by atoms with Crippen molar-refractivity contribution in [3.05, 3.63) is 65.2 Å². The van der Waals surface area contributed by atoms with E-state index in [0.29, 0.717) is 40.9 Å². The second-order valence-corrected chi connectivity index (χ2v) is 9.90. The van der Waals surface area contributed by atoms with Crippen LogP contribution in [0.15, 0.2) is 42.7 Å². The van der Waals surface area contributed by atoms with Gasteiger partial charge in [0.05, 0.1) is 17.3 Å². The van der Waals surface area contributed by atoms with E-state index in [9.17, 15) is 19.2 Å². The third-order valence-corrected chi connectivity index (χ3v) is 5.90. The molecule has 1 aliphatic rings. The van der Waals surface area contributed by atoms with Crippen LogP contribution in [0.5, 0.6) is 0 Å². The molecule has 1 unspecified atom stereocenters. The van der Waals surface area contributed by atoms with Crippen molar-refractivity contribution in [1.29, 1.82) is 0 Å². The minimum absolute atomic E-state index is 0.0390. The Morgan fingerprint density at radius 2 is 1.68 bits per heavy atom. The maximum atomic E-state index is 13.3. The zero-order chi connectivity index (χ0) is 28.6. The van der Waals surface area contributed by atoms with Crippen LogP contribution in [0.25, 0.3) is 5.57 Å². The van der Waals surface area contributed by atoms with Gasteiger partial charge in [0.25, 0.3) is 0 Å². The van der Waals surface area contributed by atoms with Crippen molar-refractivity contribution in [2.75, 3.05) is 13.2 Å². The lowest BCUT2D eigenvalue weighted by molar-refractivity contribution is -0.142. The second-order valence-electron chi connectivity index (χ2n) is 9.90. The minimum Gasteiger partial charge on any atom is -0.461 e. The number of carbonyl (C=O) groups excluding carboxylic acids is 4. The highest BCUT2D eigenvalue weighted by Crippen LogP contribution is 2.35. The van der Waals surface area contributed by atoms with E-state index in [1.165, 1.54) is 12.2 Å². The highest BCUT2D eigenvalue weighted by atomic mass is 16.6. The van der Waals surface area contributed by atoms with Crippen molar-refractivity contribution in [2.24, 2.45) is 5.92 Å². The summed E-state index contributed by atoms with van der Waals surface area (Å²) in [4.78, 5) is 54.2. The van der Waals surface area contributed by atoms with Crippen LogP contribution in [0.4, 0.5) is 0 Å². The molecule has 2 heterocycles. The molecule has 1 fully saturated rings. The first-order valence-electron chi connectivity index (χ1n) is 12.6. The van der Waals surface area contributed by atoms with E-state index < -0.39 is 23.5 Å². The molecule has 0 bridgehead atoms. The van der Waals surface area contributed by atoms with Gasteiger partial charge >= 0.3 is 17.9 Å². The summed E-state index contributed by atoms with van der Waals surface area (Å²) in [6.45, 7) is 17.8. The third kappa shape index (κ3) is 7.34.